The molecule has 3 unspecified atom stereocenters. The number of aryl methyl sites for hydroxylation is 1. The van der Waals surface area contributed by atoms with Crippen LogP contribution in [0, 0.1) is 6.92 Å². The lowest BCUT2D eigenvalue weighted by atomic mass is 10.0. The molecule has 4 aromatic rings. The van der Waals surface area contributed by atoms with E-state index in [0.717, 1.165) is 47.9 Å². The smallest absolute Gasteiger partial charge is 0.416 e. The van der Waals surface area contributed by atoms with E-state index >= 15 is 0 Å². The molecule has 18 heteroatoms. The molecule has 4 fully saturated rings. The van der Waals surface area contributed by atoms with E-state index in [0.29, 0.717) is 67.8 Å². The van der Waals surface area contributed by atoms with Crippen LogP contribution in [0.3, 0.4) is 0 Å². The number of pyridine rings is 2. The molecule has 5 aliphatic rings. The second kappa shape index (κ2) is 15.9. The Morgan fingerprint density at radius 3 is 2.49 bits per heavy atom. The predicted molar refractivity (Wildman–Crippen MR) is 214 cm³/mol. The summed E-state index contributed by atoms with van der Waals surface area (Å²) in [5, 5.41) is 4.90. The Balaban J connectivity index is 0.853. The van der Waals surface area contributed by atoms with E-state index in [1.807, 2.05) is 19.1 Å². The second-order valence-corrected chi connectivity index (χ2v) is 15.8. The Labute approximate surface area is 347 Å². The van der Waals surface area contributed by atoms with Gasteiger partial charge in [-0.15, -0.1) is 0 Å². The Kier molecular flexibility index (Phi) is 10.4. The quantitative estimate of drug-likeness (QED) is 0.218. The number of hydrogen-bond acceptors (Lipinski definition) is 12. The van der Waals surface area contributed by atoms with Gasteiger partial charge in [0.05, 0.1) is 41.8 Å². The van der Waals surface area contributed by atoms with Gasteiger partial charge in [0.1, 0.15) is 18.3 Å². The van der Waals surface area contributed by atoms with Gasteiger partial charge in [-0.05, 0) is 68.3 Å². The lowest BCUT2D eigenvalue weighted by molar-refractivity contribution is -0.138. The summed E-state index contributed by atoms with van der Waals surface area (Å²) >= 11 is 0. The molecule has 4 saturated heterocycles. The molecule has 3 atom stereocenters. The molecule has 0 radical (unpaired) electrons. The van der Waals surface area contributed by atoms with E-state index in [2.05, 4.69) is 30.3 Å². The zero-order chi connectivity index (χ0) is 42.6. The lowest BCUT2D eigenvalue weighted by Crippen LogP contribution is -2.54. The van der Waals surface area contributed by atoms with Crippen molar-refractivity contribution < 1.29 is 46.6 Å². The first-order valence-corrected chi connectivity index (χ1v) is 20.1. The van der Waals surface area contributed by atoms with Crippen molar-refractivity contribution in [3.63, 3.8) is 0 Å². The first kappa shape index (κ1) is 40.0. The SMILES string of the molecule is Cc1ncc(NC(=O)c2cccc(C(F)(F)F)c2)cc1-c1cnc(OCCN2CC3CC2CN3c2ccc3c(c2)C(=O)N(C2CCC(=O)NC2=O)C3=O)c(N2CCOCC2)c1. The number of piperidine rings is 1. The molecule has 61 heavy (non-hydrogen) atoms. The number of carbonyl (C=O) groups excluding carboxylic acids is 5. The molecule has 2 N–H and O–H groups in total. The van der Waals surface area contributed by atoms with Crippen LogP contribution in [0.25, 0.3) is 11.1 Å². The number of aromatic nitrogens is 2. The molecule has 15 nitrogen and oxygen atoms in total. The number of imide groups is 2. The lowest BCUT2D eigenvalue weighted by Gasteiger charge is -2.35. The summed E-state index contributed by atoms with van der Waals surface area (Å²) in [6.45, 7) is 6.63. The van der Waals surface area contributed by atoms with E-state index in [-0.39, 0.29) is 41.6 Å². The van der Waals surface area contributed by atoms with Gasteiger partial charge in [0.25, 0.3) is 17.7 Å². The number of ether oxygens (including phenoxy) is 2. The number of alkyl halides is 3. The molecule has 5 aliphatic heterocycles. The van der Waals surface area contributed by atoms with E-state index < -0.39 is 47.3 Å². The molecule has 316 valence electrons. The van der Waals surface area contributed by atoms with Crippen molar-refractivity contribution >= 4 is 46.6 Å². The number of hydrogen-bond donors (Lipinski definition) is 2. The zero-order valence-corrected chi connectivity index (χ0v) is 33.0. The van der Waals surface area contributed by atoms with Crippen LogP contribution in [-0.4, -0.2) is 120 Å². The Hall–Kier alpha value is -6.40. The third-order valence-corrected chi connectivity index (χ3v) is 12.0. The third-order valence-electron chi connectivity index (χ3n) is 12.0. The van der Waals surface area contributed by atoms with Crippen molar-refractivity contribution in [3.05, 3.63) is 94.9 Å². The van der Waals surface area contributed by atoms with Gasteiger partial charge in [-0.2, -0.15) is 13.2 Å². The third kappa shape index (κ3) is 7.76. The highest BCUT2D eigenvalue weighted by Gasteiger charge is 2.47. The van der Waals surface area contributed by atoms with Crippen LogP contribution in [0.15, 0.2) is 67.0 Å². The second-order valence-electron chi connectivity index (χ2n) is 15.8. The fraction of sp³-hybridized carbons (Fsp3) is 0.372. The molecule has 2 aromatic heterocycles. The minimum Gasteiger partial charge on any atom is -0.475 e. The van der Waals surface area contributed by atoms with Gasteiger partial charge < -0.3 is 24.6 Å². The van der Waals surface area contributed by atoms with Gasteiger partial charge in [-0.3, -0.25) is 44.1 Å². The van der Waals surface area contributed by atoms with E-state index in [1.165, 1.54) is 18.3 Å². The summed E-state index contributed by atoms with van der Waals surface area (Å²) < 4.78 is 51.8. The van der Waals surface area contributed by atoms with Crippen molar-refractivity contribution in [1.29, 1.82) is 0 Å². The molecule has 2 bridgehead atoms. The Bertz CT molecular complexity index is 2460. The fourth-order valence-corrected chi connectivity index (χ4v) is 8.90. The maximum absolute atomic E-state index is 13.4. The number of nitrogens with one attached hydrogen (secondary N) is 2. The number of carbonyl (C=O) groups is 5. The van der Waals surface area contributed by atoms with Crippen molar-refractivity contribution in [3.8, 4) is 17.0 Å². The number of fused-ring (bicyclic) bond motifs is 3. The summed E-state index contributed by atoms with van der Waals surface area (Å²) in [7, 11) is 0. The van der Waals surface area contributed by atoms with E-state index in [9.17, 15) is 37.1 Å². The summed E-state index contributed by atoms with van der Waals surface area (Å²) in [5.74, 6) is -2.36. The van der Waals surface area contributed by atoms with Gasteiger partial charge in [0, 0.05) is 85.5 Å². The van der Waals surface area contributed by atoms with Crippen LogP contribution in [0.5, 0.6) is 5.88 Å². The largest absolute Gasteiger partial charge is 0.475 e. The van der Waals surface area contributed by atoms with Crippen LogP contribution in [-0.2, 0) is 20.5 Å². The minimum atomic E-state index is -4.58. The van der Waals surface area contributed by atoms with Crippen molar-refractivity contribution in [2.24, 2.45) is 0 Å². The minimum absolute atomic E-state index is 0.0580. The molecule has 9 rings (SSSR count). The van der Waals surface area contributed by atoms with Crippen molar-refractivity contribution in [2.45, 2.75) is 50.5 Å². The zero-order valence-electron chi connectivity index (χ0n) is 33.0. The van der Waals surface area contributed by atoms with Crippen LogP contribution in [0.4, 0.5) is 30.2 Å². The van der Waals surface area contributed by atoms with Gasteiger partial charge in [-0.1, -0.05) is 6.07 Å². The number of anilines is 3. The van der Waals surface area contributed by atoms with E-state index in [1.54, 1.807) is 24.4 Å². The van der Waals surface area contributed by atoms with Crippen LogP contribution in [0.1, 0.15) is 61.6 Å². The van der Waals surface area contributed by atoms with Crippen molar-refractivity contribution in [1.82, 2.24) is 25.1 Å². The number of rotatable bonds is 10. The first-order chi connectivity index (χ1) is 29.3. The van der Waals surface area contributed by atoms with Crippen LogP contribution < -0.4 is 25.2 Å². The van der Waals surface area contributed by atoms with Crippen molar-refractivity contribution in [2.75, 3.05) is 67.7 Å². The molecule has 2 aromatic carbocycles. The molecule has 5 amide bonds. The van der Waals surface area contributed by atoms with Gasteiger partial charge in [0.2, 0.25) is 17.7 Å². The summed E-state index contributed by atoms with van der Waals surface area (Å²) in [6.07, 6.45) is -0.373. The fourth-order valence-electron chi connectivity index (χ4n) is 8.90. The molecular formula is C43H41F3N8O7. The molecule has 7 heterocycles. The molecular weight excluding hydrogens is 798 g/mol. The number of piperazine rings is 1. The highest BCUT2D eigenvalue weighted by atomic mass is 19.4. The topological polar surface area (TPSA) is 167 Å². The van der Waals surface area contributed by atoms with Gasteiger partial charge in [0.15, 0.2) is 0 Å². The molecule has 0 saturated carbocycles. The highest BCUT2D eigenvalue weighted by Crippen LogP contribution is 2.38. The standard InChI is InChI=1S/C43H41F3N8O7/c1-24-33(17-28(21-47-24)49-38(56)25-3-2-4-27(15-25)43(44,45)46)26-16-36(51-9-12-60-13-10-51)40(48-20-26)61-14-11-52-22-31-18-30(52)23-53(31)29-5-6-32-34(19-29)42(59)54(41(32)58)35-7-8-37(55)50-39(35)57/h2-6,15-17,19-21,30-31,35H,7-14,18,22-23H2,1H3,(H,49,56)(H,50,55,57). The first-order valence-electron chi connectivity index (χ1n) is 20.1. The summed E-state index contributed by atoms with van der Waals surface area (Å²) in [4.78, 5) is 80.8. The number of amides is 5. The van der Waals surface area contributed by atoms with Crippen LogP contribution >= 0.6 is 0 Å². The Morgan fingerprint density at radius 1 is 0.934 bits per heavy atom. The summed E-state index contributed by atoms with van der Waals surface area (Å²) in [5.41, 5.74) is 3.43. The monoisotopic (exact) mass is 838 g/mol. The number of nitrogens with zero attached hydrogens (tertiary/aromatic N) is 6. The maximum Gasteiger partial charge on any atom is 0.416 e. The Morgan fingerprint density at radius 2 is 1.74 bits per heavy atom. The van der Waals surface area contributed by atoms with Crippen LogP contribution in [0.2, 0.25) is 0 Å². The van der Waals surface area contributed by atoms with Gasteiger partial charge >= 0.3 is 6.18 Å². The average Bonchev–Trinajstić information content (AvgIpc) is 3.93. The van der Waals surface area contributed by atoms with Gasteiger partial charge in [-0.25, -0.2) is 4.98 Å². The maximum atomic E-state index is 13.4. The molecule has 0 aliphatic carbocycles. The summed E-state index contributed by atoms with van der Waals surface area (Å²) in [6, 6.07) is 12.6. The highest BCUT2D eigenvalue weighted by molar-refractivity contribution is 6.23. The molecule has 0 spiro atoms. The predicted octanol–water partition coefficient (Wildman–Crippen LogP) is 4.30. The van der Waals surface area contributed by atoms with E-state index in [4.69, 9.17) is 14.5 Å². The number of halogens is 3. The number of likely N-dealkylation sites (tertiary alicyclic amines) is 1. The normalized spacial score (nSPS) is 21.6. The number of morpholine rings is 1. The average molecular weight is 839 g/mol. The number of benzene rings is 2.